The average molecular weight is 297 g/mol. The highest BCUT2D eigenvalue weighted by Crippen LogP contribution is 2.32. The molecule has 22 heavy (non-hydrogen) atoms. The lowest BCUT2D eigenvalue weighted by Gasteiger charge is -2.21. The van der Waals surface area contributed by atoms with Crippen molar-refractivity contribution in [1.82, 2.24) is 4.90 Å². The first-order valence-corrected chi connectivity index (χ1v) is 7.61. The summed E-state index contributed by atoms with van der Waals surface area (Å²) in [6.45, 7) is 0. The van der Waals surface area contributed by atoms with Crippen molar-refractivity contribution in [2.75, 3.05) is 7.05 Å². The minimum absolute atomic E-state index is 0.0330. The molecular weight excluding hydrogens is 278 g/mol. The van der Waals surface area contributed by atoms with E-state index in [0.717, 1.165) is 25.7 Å². The first kappa shape index (κ1) is 14.6. The zero-order valence-corrected chi connectivity index (χ0v) is 12.6. The van der Waals surface area contributed by atoms with Crippen LogP contribution in [-0.2, 0) is 0 Å². The van der Waals surface area contributed by atoms with Crippen molar-refractivity contribution < 1.29 is 9.59 Å². The van der Waals surface area contributed by atoms with E-state index in [-0.39, 0.29) is 23.9 Å². The van der Waals surface area contributed by atoms with Gasteiger partial charge in [-0.3, -0.25) is 19.5 Å². The van der Waals surface area contributed by atoms with Gasteiger partial charge in [0.1, 0.15) is 0 Å². The number of carbonyl (C=O) groups is 2. The molecule has 1 fully saturated rings. The number of benzene rings is 1. The maximum absolute atomic E-state index is 12.4. The van der Waals surface area contributed by atoms with Gasteiger partial charge in [-0.25, -0.2) is 0 Å². The van der Waals surface area contributed by atoms with Crippen molar-refractivity contribution in [1.29, 1.82) is 0 Å². The number of nitrogens with zero attached hydrogens (tertiary/aromatic N) is 3. The van der Waals surface area contributed by atoms with E-state index in [1.165, 1.54) is 4.90 Å². The predicted octanol–water partition coefficient (Wildman–Crippen LogP) is 2.37. The Morgan fingerprint density at radius 2 is 1.82 bits per heavy atom. The third-order valence-corrected chi connectivity index (χ3v) is 4.28. The lowest BCUT2D eigenvalue weighted by molar-refractivity contribution is 0.0587. The molecule has 1 aliphatic carbocycles. The SMILES string of the molecule is CN=CCC=NC1CCC(N2C(=O)c3ccccc3C2=O)C1. The fourth-order valence-electron chi connectivity index (χ4n) is 3.21. The number of aliphatic imine (C=N–C) groups is 2. The van der Waals surface area contributed by atoms with Crippen LogP contribution in [0.25, 0.3) is 0 Å². The number of hydrogen-bond donors (Lipinski definition) is 0. The predicted molar refractivity (Wildman–Crippen MR) is 85.9 cm³/mol. The Bertz CT molecular complexity index is 616. The van der Waals surface area contributed by atoms with Crippen LogP contribution in [0, 0.1) is 0 Å². The number of rotatable bonds is 4. The van der Waals surface area contributed by atoms with E-state index < -0.39 is 0 Å². The third-order valence-electron chi connectivity index (χ3n) is 4.28. The Kier molecular flexibility index (Phi) is 4.13. The molecule has 0 radical (unpaired) electrons. The number of amides is 2. The largest absolute Gasteiger partial charge is 0.300 e. The summed E-state index contributed by atoms with van der Waals surface area (Å²) in [6.07, 6.45) is 6.89. The van der Waals surface area contributed by atoms with Crippen molar-refractivity contribution >= 4 is 24.2 Å². The number of carbonyl (C=O) groups excluding carboxylic acids is 2. The molecule has 114 valence electrons. The Balaban J connectivity index is 1.68. The fourth-order valence-corrected chi connectivity index (χ4v) is 3.21. The van der Waals surface area contributed by atoms with Crippen LogP contribution in [0.3, 0.4) is 0 Å². The molecule has 1 aliphatic heterocycles. The van der Waals surface area contributed by atoms with Crippen LogP contribution in [0.4, 0.5) is 0 Å². The third kappa shape index (κ3) is 2.58. The molecule has 0 saturated heterocycles. The molecule has 2 unspecified atom stereocenters. The summed E-state index contributed by atoms with van der Waals surface area (Å²) < 4.78 is 0. The topological polar surface area (TPSA) is 62.1 Å². The second-order valence-corrected chi connectivity index (χ2v) is 5.65. The van der Waals surface area contributed by atoms with Crippen LogP contribution in [0.15, 0.2) is 34.3 Å². The van der Waals surface area contributed by atoms with Gasteiger partial charge < -0.3 is 4.99 Å². The van der Waals surface area contributed by atoms with E-state index in [1.54, 1.807) is 37.5 Å². The van der Waals surface area contributed by atoms with Gasteiger partial charge >= 0.3 is 0 Å². The summed E-state index contributed by atoms with van der Waals surface area (Å²) in [5.41, 5.74) is 1.05. The highest BCUT2D eigenvalue weighted by Gasteiger charge is 2.42. The van der Waals surface area contributed by atoms with Gasteiger partial charge in [0.25, 0.3) is 11.8 Å². The summed E-state index contributed by atoms with van der Waals surface area (Å²) in [5, 5.41) is 0. The van der Waals surface area contributed by atoms with Crippen molar-refractivity contribution in [3.63, 3.8) is 0 Å². The molecule has 2 amide bonds. The zero-order chi connectivity index (χ0) is 15.5. The van der Waals surface area contributed by atoms with Crippen LogP contribution in [0.5, 0.6) is 0 Å². The number of imide groups is 1. The molecule has 0 aromatic heterocycles. The fraction of sp³-hybridized carbons (Fsp3) is 0.412. The molecule has 0 bridgehead atoms. The monoisotopic (exact) mass is 297 g/mol. The lowest BCUT2D eigenvalue weighted by Crippen LogP contribution is -2.38. The first-order chi connectivity index (χ1) is 10.7. The summed E-state index contributed by atoms with van der Waals surface area (Å²) in [5.74, 6) is -0.318. The molecule has 5 heteroatoms. The van der Waals surface area contributed by atoms with E-state index in [9.17, 15) is 9.59 Å². The van der Waals surface area contributed by atoms with Gasteiger partial charge in [-0.05, 0) is 31.4 Å². The highest BCUT2D eigenvalue weighted by molar-refractivity contribution is 6.21. The number of fused-ring (bicyclic) bond motifs is 1. The number of hydrogen-bond acceptors (Lipinski definition) is 4. The van der Waals surface area contributed by atoms with Crippen LogP contribution in [0.1, 0.15) is 46.4 Å². The van der Waals surface area contributed by atoms with Gasteiger partial charge in [0.05, 0.1) is 17.2 Å². The van der Waals surface area contributed by atoms with Crippen molar-refractivity contribution in [3.8, 4) is 0 Å². The van der Waals surface area contributed by atoms with Crippen molar-refractivity contribution in [2.24, 2.45) is 9.98 Å². The summed E-state index contributed by atoms with van der Waals surface area (Å²) in [7, 11) is 1.74. The Labute approximate surface area is 129 Å². The van der Waals surface area contributed by atoms with Gasteiger partial charge in [0.2, 0.25) is 0 Å². The lowest BCUT2D eigenvalue weighted by atomic mass is 10.1. The molecule has 1 heterocycles. The van der Waals surface area contributed by atoms with Crippen LogP contribution in [0.2, 0.25) is 0 Å². The minimum atomic E-state index is -0.159. The van der Waals surface area contributed by atoms with Crippen molar-refractivity contribution in [3.05, 3.63) is 35.4 Å². The quantitative estimate of drug-likeness (QED) is 0.632. The first-order valence-electron chi connectivity index (χ1n) is 7.61. The molecule has 5 nitrogen and oxygen atoms in total. The van der Waals surface area contributed by atoms with Crippen LogP contribution >= 0.6 is 0 Å². The molecule has 3 rings (SSSR count). The Hall–Kier alpha value is -2.30. The van der Waals surface area contributed by atoms with E-state index in [2.05, 4.69) is 9.98 Å². The minimum Gasteiger partial charge on any atom is -0.300 e. The second kappa shape index (κ2) is 6.22. The molecule has 2 atom stereocenters. The normalized spacial score (nSPS) is 24.9. The van der Waals surface area contributed by atoms with Gasteiger partial charge in [0, 0.05) is 31.9 Å². The molecule has 1 aromatic rings. The zero-order valence-electron chi connectivity index (χ0n) is 12.6. The maximum atomic E-state index is 12.4. The van der Waals surface area contributed by atoms with E-state index in [0.29, 0.717) is 11.1 Å². The molecule has 1 aromatic carbocycles. The average Bonchev–Trinajstić information content (AvgIpc) is 3.08. The van der Waals surface area contributed by atoms with Gasteiger partial charge in [-0.2, -0.15) is 0 Å². The molecule has 2 aliphatic rings. The van der Waals surface area contributed by atoms with E-state index in [4.69, 9.17) is 0 Å². The standard InChI is InChI=1S/C17H19N3O2/c1-18-9-4-10-19-12-7-8-13(11-12)20-16(21)14-5-2-3-6-15(14)17(20)22/h2-3,5-6,9-10,12-13H,4,7-8,11H2,1H3. The Morgan fingerprint density at radius 3 is 2.45 bits per heavy atom. The van der Waals surface area contributed by atoms with E-state index in [1.807, 2.05) is 6.21 Å². The van der Waals surface area contributed by atoms with Gasteiger partial charge in [0.15, 0.2) is 0 Å². The maximum Gasteiger partial charge on any atom is 0.261 e. The second-order valence-electron chi connectivity index (χ2n) is 5.65. The molecular formula is C17H19N3O2. The molecule has 1 saturated carbocycles. The summed E-state index contributed by atoms with van der Waals surface area (Å²) in [4.78, 5) is 34.8. The van der Waals surface area contributed by atoms with Crippen molar-refractivity contribution in [2.45, 2.75) is 37.8 Å². The smallest absolute Gasteiger partial charge is 0.261 e. The van der Waals surface area contributed by atoms with Crippen LogP contribution in [-0.4, -0.2) is 48.3 Å². The molecule has 0 N–H and O–H groups in total. The van der Waals surface area contributed by atoms with E-state index >= 15 is 0 Å². The highest BCUT2D eigenvalue weighted by atomic mass is 16.2. The summed E-state index contributed by atoms with van der Waals surface area (Å²) in [6, 6.07) is 7.21. The van der Waals surface area contributed by atoms with Crippen LogP contribution < -0.4 is 0 Å². The Morgan fingerprint density at radius 1 is 1.14 bits per heavy atom. The summed E-state index contributed by atoms with van der Waals surface area (Å²) >= 11 is 0. The molecule has 0 spiro atoms. The van der Waals surface area contributed by atoms with Gasteiger partial charge in [-0.1, -0.05) is 12.1 Å². The van der Waals surface area contributed by atoms with Gasteiger partial charge in [-0.15, -0.1) is 0 Å².